The summed E-state index contributed by atoms with van der Waals surface area (Å²) in [5.41, 5.74) is 1.32. The molecule has 4 rings (SSSR count). The fourth-order valence-electron chi connectivity index (χ4n) is 4.15. The van der Waals surface area contributed by atoms with Crippen molar-refractivity contribution >= 4 is 44.1 Å². The molecule has 0 aliphatic heterocycles. The van der Waals surface area contributed by atoms with Crippen LogP contribution in [0.1, 0.15) is 51.0 Å². The predicted octanol–water partition coefficient (Wildman–Crippen LogP) is 8.91. The van der Waals surface area contributed by atoms with E-state index in [2.05, 4.69) is 74.5 Å². The van der Waals surface area contributed by atoms with E-state index in [9.17, 15) is 0 Å². The Balaban J connectivity index is 1.53. The molecule has 0 aromatic heterocycles. The van der Waals surface area contributed by atoms with Crippen LogP contribution in [0.3, 0.4) is 0 Å². The van der Waals surface area contributed by atoms with E-state index in [1.807, 2.05) is 11.8 Å². The fraction of sp³-hybridized carbons (Fsp3) is 0.333. The van der Waals surface area contributed by atoms with Crippen LogP contribution in [0.2, 0.25) is 0 Å². The first-order valence-corrected chi connectivity index (χ1v) is 11.7. The van der Waals surface area contributed by atoms with Crippen molar-refractivity contribution < 1.29 is 0 Å². The fourth-order valence-corrected chi connectivity index (χ4v) is 5.11. The Bertz CT molecular complexity index is 1090. The molecule has 0 unspecified atom stereocenters. The third-order valence-electron chi connectivity index (χ3n) is 5.73. The van der Waals surface area contributed by atoms with Gasteiger partial charge < -0.3 is 0 Å². The second-order valence-corrected chi connectivity index (χ2v) is 9.12. The molecule has 4 aromatic rings. The standard InChI is InChI=1S/C27H30S/c1-3-4-5-6-7-8-17-28-23-12-16-25-22(19-23)11-15-26-24-13-9-20(2)18-21(24)10-14-27(25)26/h9-16,18-19H,3-8,17H2,1-2H3. The molecule has 0 aliphatic carbocycles. The minimum absolute atomic E-state index is 1.23. The molecule has 4 aromatic carbocycles. The van der Waals surface area contributed by atoms with Gasteiger partial charge in [0.15, 0.2) is 0 Å². The lowest BCUT2D eigenvalue weighted by Gasteiger charge is -2.10. The smallest absolute Gasteiger partial charge is 0.00783 e. The number of aryl methyl sites for hydroxylation is 1. The highest BCUT2D eigenvalue weighted by atomic mass is 32.2. The van der Waals surface area contributed by atoms with Crippen molar-refractivity contribution in [1.82, 2.24) is 0 Å². The van der Waals surface area contributed by atoms with Gasteiger partial charge in [-0.15, -0.1) is 11.8 Å². The van der Waals surface area contributed by atoms with Gasteiger partial charge in [0.1, 0.15) is 0 Å². The predicted molar refractivity (Wildman–Crippen MR) is 128 cm³/mol. The van der Waals surface area contributed by atoms with Crippen molar-refractivity contribution in [2.45, 2.75) is 57.3 Å². The summed E-state index contributed by atoms with van der Waals surface area (Å²) in [4.78, 5) is 1.40. The summed E-state index contributed by atoms with van der Waals surface area (Å²) in [5, 5.41) is 8.12. The van der Waals surface area contributed by atoms with E-state index in [-0.39, 0.29) is 0 Å². The van der Waals surface area contributed by atoms with Crippen LogP contribution in [0.15, 0.2) is 65.6 Å². The van der Waals surface area contributed by atoms with E-state index in [0.29, 0.717) is 0 Å². The second kappa shape index (κ2) is 9.01. The molecule has 28 heavy (non-hydrogen) atoms. The SMILES string of the molecule is CCCCCCCCSc1ccc2c(ccc3c4ccc(C)cc4ccc23)c1. The molecule has 0 bridgehead atoms. The van der Waals surface area contributed by atoms with E-state index in [4.69, 9.17) is 0 Å². The maximum atomic E-state index is 2.37. The first-order chi connectivity index (χ1) is 13.8. The van der Waals surface area contributed by atoms with Crippen LogP contribution in [0.4, 0.5) is 0 Å². The first kappa shape index (κ1) is 19.3. The Hall–Kier alpha value is -1.99. The van der Waals surface area contributed by atoms with Crippen LogP contribution in [0.25, 0.3) is 32.3 Å². The molecule has 0 fully saturated rings. The molecule has 0 aliphatic rings. The number of hydrogen-bond acceptors (Lipinski definition) is 1. The normalized spacial score (nSPS) is 11.6. The first-order valence-electron chi connectivity index (χ1n) is 10.7. The lowest BCUT2D eigenvalue weighted by Crippen LogP contribution is -1.84. The lowest BCUT2D eigenvalue weighted by molar-refractivity contribution is 0.627. The molecule has 0 N–H and O–H groups in total. The molecule has 0 nitrogen and oxygen atoms in total. The third-order valence-corrected chi connectivity index (χ3v) is 6.81. The molecular formula is C27H30S. The van der Waals surface area contributed by atoms with Crippen LogP contribution in [-0.4, -0.2) is 5.75 Å². The van der Waals surface area contributed by atoms with Gasteiger partial charge in [0.25, 0.3) is 0 Å². The summed E-state index contributed by atoms with van der Waals surface area (Å²) in [5.74, 6) is 1.23. The third kappa shape index (κ3) is 4.20. The summed E-state index contributed by atoms with van der Waals surface area (Å²) >= 11 is 2.01. The van der Waals surface area contributed by atoms with Crippen LogP contribution in [0, 0.1) is 6.92 Å². The summed E-state index contributed by atoms with van der Waals surface area (Å²) in [6.07, 6.45) is 8.22. The number of unbranched alkanes of at least 4 members (excludes halogenated alkanes) is 5. The van der Waals surface area contributed by atoms with Crippen molar-refractivity contribution in [3.63, 3.8) is 0 Å². The molecule has 0 spiro atoms. The van der Waals surface area contributed by atoms with Crippen molar-refractivity contribution in [1.29, 1.82) is 0 Å². The Morgan fingerprint density at radius 1 is 0.607 bits per heavy atom. The highest BCUT2D eigenvalue weighted by Gasteiger charge is 2.06. The average Bonchev–Trinajstić information content (AvgIpc) is 2.72. The highest BCUT2D eigenvalue weighted by molar-refractivity contribution is 7.99. The van der Waals surface area contributed by atoms with Gasteiger partial charge in [-0.05, 0) is 63.5 Å². The van der Waals surface area contributed by atoms with E-state index in [1.54, 1.807) is 0 Å². The second-order valence-electron chi connectivity index (χ2n) is 7.95. The largest absolute Gasteiger partial charge is 0.126 e. The van der Waals surface area contributed by atoms with Crippen molar-refractivity contribution in [2.75, 3.05) is 5.75 Å². The van der Waals surface area contributed by atoms with Crippen molar-refractivity contribution in [3.8, 4) is 0 Å². The van der Waals surface area contributed by atoms with E-state index < -0.39 is 0 Å². The number of hydrogen-bond donors (Lipinski definition) is 0. The maximum absolute atomic E-state index is 2.37. The van der Waals surface area contributed by atoms with Crippen LogP contribution in [-0.2, 0) is 0 Å². The van der Waals surface area contributed by atoms with E-state index in [0.717, 1.165) is 0 Å². The molecular weight excluding hydrogens is 356 g/mol. The quantitative estimate of drug-likeness (QED) is 0.165. The minimum Gasteiger partial charge on any atom is -0.126 e. The van der Waals surface area contributed by atoms with Gasteiger partial charge in [-0.1, -0.05) is 93.1 Å². The number of benzene rings is 4. The van der Waals surface area contributed by atoms with E-state index >= 15 is 0 Å². The molecule has 0 saturated carbocycles. The highest BCUT2D eigenvalue weighted by Crippen LogP contribution is 2.33. The average molecular weight is 387 g/mol. The minimum atomic E-state index is 1.23. The zero-order valence-corrected chi connectivity index (χ0v) is 17.9. The monoisotopic (exact) mass is 386 g/mol. The van der Waals surface area contributed by atoms with Gasteiger partial charge in [0.2, 0.25) is 0 Å². The van der Waals surface area contributed by atoms with Gasteiger partial charge in [0, 0.05) is 4.90 Å². The Morgan fingerprint density at radius 2 is 1.21 bits per heavy atom. The summed E-state index contributed by atoms with van der Waals surface area (Å²) in [7, 11) is 0. The Morgan fingerprint density at radius 3 is 1.96 bits per heavy atom. The lowest BCUT2D eigenvalue weighted by atomic mass is 9.96. The molecule has 0 heterocycles. The van der Waals surface area contributed by atoms with Crippen LogP contribution >= 0.6 is 11.8 Å². The van der Waals surface area contributed by atoms with Gasteiger partial charge >= 0.3 is 0 Å². The number of thioether (sulfide) groups is 1. The molecule has 1 heteroatoms. The Labute approximate surface area is 173 Å². The molecule has 0 saturated heterocycles. The van der Waals surface area contributed by atoms with Crippen molar-refractivity contribution in [3.05, 3.63) is 66.2 Å². The van der Waals surface area contributed by atoms with Gasteiger partial charge in [-0.25, -0.2) is 0 Å². The summed E-state index contributed by atoms with van der Waals surface area (Å²) < 4.78 is 0. The van der Waals surface area contributed by atoms with Gasteiger partial charge in [-0.2, -0.15) is 0 Å². The summed E-state index contributed by atoms with van der Waals surface area (Å²) in [6.45, 7) is 4.44. The topological polar surface area (TPSA) is 0 Å². The molecule has 0 radical (unpaired) electrons. The zero-order valence-electron chi connectivity index (χ0n) is 17.1. The number of rotatable bonds is 8. The summed E-state index contributed by atoms with van der Waals surface area (Å²) in [6, 6.07) is 22.9. The van der Waals surface area contributed by atoms with Gasteiger partial charge in [-0.3, -0.25) is 0 Å². The van der Waals surface area contributed by atoms with E-state index in [1.165, 1.54) is 87.1 Å². The number of fused-ring (bicyclic) bond motifs is 5. The van der Waals surface area contributed by atoms with Crippen LogP contribution in [0.5, 0.6) is 0 Å². The molecule has 144 valence electrons. The Kier molecular flexibility index (Phi) is 6.22. The van der Waals surface area contributed by atoms with Crippen LogP contribution < -0.4 is 0 Å². The maximum Gasteiger partial charge on any atom is 0.00783 e. The molecule has 0 atom stereocenters. The van der Waals surface area contributed by atoms with Gasteiger partial charge in [0.05, 0.1) is 0 Å². The van der Waals surface area contributed by atoms with Crippen molar-refractivity contribution in [2.24, 2.45) is 0 Å². The zero-order chi connectivity index (χ0) is 19.3. The molecule has 0 amide bonds.